The van der Waals surface area contributed by atoms with E-state index in [9.17, 15) is 9.59 Å². The number of hydrogen-bond donors (Lipinski definition) is 2. The molecule has 0 spiro atoms. The largest absolute Gasteiger partial charge is 0.488 e. The lowest BCUT2D eigenvalue weighted by molar-refractivity contribution is -0.127. The molecule has 3 heterocycles. The van der Waals surface area contributed by atoms with Gasteiger partial charge in [-0.05, 0) is 37.1 Å². The molecular formula is C24H24N4O3. The fraction of sp³-hybridized carbons (Fsp3) is 0.292. The van der Waals surface area contributed by atoms with E-state index < -0.39 is 0 Å². The van der Waals surface area contributed by atoms with Crippen LogP contribution in [0, 0.1) is 0 Å². The molecule has 3 aromatic rings. The molecular weight excluding hydrogens is 392 g/mol. The lowest BCUT2D eigenvalue weighted by atomic mass is 9.99. The second kappa shape index (κ2) is 8.26. The third-order valence-corrected chi connectivity index (χ3v) is 5.88. The molecule has 1 saturated heterocycles. The summed E-state index contributed by atoms with van der Waals surface area (Å²) in [5.41, 5.74) is 5.39. The van der Waals surface area contributed by atoms with Gasteiger partial charge < -0.3 is 15.0 Å². The molecule has 1 fully saturated rings. The van der Waals surface area contributed by atoms with Crippen molar-refractivity contribution in [3.8, 4) is 28.3 Å². The van der Waals surface area contributed by atoms with E-state index in [-0.39, 0.29) is 11.8 Å². The SMILES string of the molecule is O=C(NCCCN1CCCC1=O)c1ccc(-c2n[nH]c3c2COc2ccccc2-3)cc1. The Bertz CT molecular complexity index is 1120. The number of ether oxygens (including phenoxy) is 1. The van der Waals surface area contributed by atoms with Gasteiger partial charge in [0, 0.05) is 48.3 Å². The number of aromatic amines is 1. The second-order valence-corrected chi connectivity index (χ2v) is 7.88. The minimum absolute atomic E-state index is 0.111. The zero-order valence-electron chi connectivity index (χ0n) is 17.2. The van der Waals surface area contributed by atoms with Crippen LogP contribution in [-0.4, -0.2) is 46.5 Å². The lowest BCUT2D eigenvalue weighted by Crippen LogP contribution is -2.30. The van der Waals surface area contributed by atoms with E-state index >= 15 is 0 Å². The molecule has 7 nitrogen and oxygen atoms in total. The van der Waals surface area contributed by atoms with Gasteiger partial charge in [-0.15, -0.1) is 0 Å². The summed E-state index contributed by atoms with van der Waals surface area (Å²) < 4.78 is 5.88. The fourth-order valence-corrected chi connectivity index (χ4v) is 4.21. The maximum Gasteiger partial charge on any atom is 0.251 e. The maximum atomic E-state index is 12.4. The minimum Gasteiger partial charge on any atom is -0.488 e. The van der Waals surface area contributed by atoms with Crippen molar-refractivity contribution in [2.45, 2.75) is 25.9 Å². The minimum atomic E-state index is -0.111. The normalized spacial score (nSPS) is 14.7. The van der Waals surface area contributed by atoms with Gasteiger partial charge >= 0.3 is 0 Å². The first-order chi connectivity index (χ1) is 15.2. The predicted molar refractivity (Wildman–Crippen MR) is 117 cm³/mol. The summed E-state index contributed by atoms with van der Waals surface area (Å²) in [5.74, 6) is 0.961. The molecule has 2 aromatic carbocycles. The second-order valence-electron chi connectivity index (χ2n) is 7.88. The molecule has 2 aliphatic heterocycles. The third-order valence-electron chi connectivity index (χ3n) is 5.88. The zero-order chi connectivity index (χ0) is 21.2. The zero-order valence-corrected chi connectivity index (χ0v) is 17.2. The number of fused-ring (bicyclic) bond motifs is 3. The van der Waals surface area contributed by atoms with Gasteiger partial charge in [0.2, 0.25) is 5.91 Å². The van der Waals surface area contributed by atoms with Crippen LogP contribution in [0.5, 0.6) is 5.75 Å². The van der Waals surface area contributed by atoms with Crippen molar-refractivity contribution in [3.05, 3.63) is 59.7 Å². The molecule has 5 rings (SSSR count). The van der Waals surface area contributed by atoms with Gasteiger partial charge in [0.05, 0.1) is 11.4 Å². The summed E-state index contributed by atoms with van der Waals surface area (Å²) in [7, 11) is 0. The summed E-state index contributed by atoms with van der Waals surface area (Å²) in [5, 5.41) is 10.6. The molecule has 0 atom stereocenters. The van der Waals surface area contributed by atoms with Gasteiger partial charge in [-0.25, -0.2) is 0 Å². The number of nitrogens with one attached hydrogen (secondary N) is 2. The number of hydrogen-bond acceptors (Lipinski definition) is 4. The van der Waals surface area contributed by atoms with Crippen LogP contribution in [0.15, 0.2) is 48.5 Å². The third kappa shape index (κ3) is 3.79. The van der Waals surface area contributed by atoms with Crippen LogP contribution in [0.3, 0.4) is 0 Å². The first-order valence-corrected chi connectivity index (χ1v) is 10.7. The fourth-order valence-electron chi connectivity index (χ4n) is 4.21. The van der Waals surface area contributed by atoms with Crippen molar-refractivity contribution in [3.63, 3.8) is 0 Å². The summed E-state index contributed by atoms with van der Waals surface area (Å²) in [6.45, 7) is 2.54. The number of benzene rings is 2. The molecule has 7 heteroatoms. The number of likely N-dealkylation sites (tertiary alicyclic amines) is 1. The van der Waals surface area contributed by atoms with Crippen molar-refractivity contribution >= 4 is 11.8 Å². The van der Waals surface area contributed by atoms with Crippen molar-refractivity contribution in [1.29, 1.82) is 0 Å². The van der Waals surface area contributed by atoms with Crippen LogP contribution in [0.4, 0.5) is 0 Å². The highest BCUT2D eigenvalue weighted by molar-refractivity contribution is 5.94. The summed E-state index contributed by atoms with van der Waals surface area (Å²) in [6, 6.07) is 15.4. The van der Waals surface area contributed by atoms with E-state index in [4.69, 9.17) is 4.74 Å². The molecule has 2 aliphatic rings. The molecule has 2 N–H and O–H groups in total. The maximum absolute atomic E-state index is 12.4. The number of carbonyl (C=O) groups is 2. The average molecular weight is 416 g/mol. The van der Waals surface area contributed by atoms with E-state index in [2.05, 4.69) is 15.5 Å². The Kier molecular flexibility index (Phi) is 5.16. The summed E-state index contributed by atoms with van der Waals surface area (Å²) >= 11 is 0. The quantitative estimate of drug-likeness (QED) is 0.603. The van der Waals surface area contributed by atoms with E-state index in [0.717, 1.165) is 53.2 Å². The lowest BCUT2D eigenvalue weighted by Gasteiger charge is -2.17. The number of para-hydroxylation sites is 1. The van der Waals surface area contributed by atoms with Crippen LogP contribution in [0.2, 0.25) is 0 Å². The van der Waals surface area contributed by atoms with Crippen molar-refractivity contribution < 1.29 is 14.3 Å². The van der Waals surface area contributed by atoms with Gasteiger partial charge in [0.25, 0.3) is 5.91 Å². The van der Waals surface area contributed by atoms with Crippen molar-refractivity contribution in [1.82, 2.24) is 20.4 Å². The summed E-state index contributed by atoms with van der Waals surface area (Å²) in [6.07, 6.45) is 2.35. The molecule has 0 bridgehead atoms. The molecule has 0 saturated carbocycles. The first kappa shape index (κ1) is 19.4. The Morgan fingerprint density at radius 2 is 2.00 bits per heavy atom. The topological polar surface area (TPSA) is 87.3 Å². The van der Waals surface area contributed by atoms with Crippen LogP contribution in [0.25, 0.3) is 22.5 Å². The Hall–Kier alpha value is -3.61. The number of H-pyrrole nitrogens is 1. The highest BCUT2D eigenvalue weighted by Crippen LogP contribution is 2.39. The molecule has 1 aromatic heterocycles. The Balaban J connectivity index is 1.22. The molecule has 2 amide bonds. The predicted octanol–water partition coefficient (Wildman–Crippen LogP) is 3.38. The van der Waals surface area contributed by atoms with Crippen molar-refractivity contribution in [2.75, 3.05) is 19.6 Å². The van der Waals surface area contributed by atoms with Gasteiger partial charge in [-0.2, -0.15) is 5.10 Å². The highest BCUT2D eigenvalue weighted by Gasteiger charge is 2.23. The van der Waals surface area contributed by atoms with E-state index in [0.29, 0.717) is 31.7 Å². The smallest absolute Gasteiger partial charge is 0.251 e. The van der Waals surface area contributed by atoms with Gasteiger partial charge in [0.15, 0.2) is 0 Å². The first-order valence-electron chi connectivity index (χ1n) is 10.7. The number of amides is 2. The van der Waals surface area contributed by atoms with Crippen LogP contribution < -0.4 is 10.1 Å². The number of nitrogens with zero attached hydrogens (tertiary/aromatic N) is 2. The van der Waals surface area contributed by atoms with Crippen LogP contribution >= 0.6 is 0 Å². The number of rotatable bonds is 6. The summed E-state index contributed by atoms with van der Waals surface area (Å²) in [4.78, 5) is 25.9. The standard InChI is InChI=1S/C24H24N4O3/c29-21-7-3-13-28(21)14-4-12-25-24(30)17-10-8-16(9-11-17)22-19-15-31-20-6-2-1-5-18(20)23(19)27-26-22/h1-2,5-6,8-11H,3-4,7,12-15H2,(H,25,30)(H,26,27). The number of carbonyl (C=O) groups excluding carboxylic acids is 2. The molecule has 158 valence electrons. The van der Waals surface area contributed by atoms with Gasteiger partial charge in [-0.3, -0.25) is 14.7 Å². The van der Waals surface area contributed by atoms with E-state index in [1.807, 2.05) is 53.4 Å². The molecule has 31 heavy (non-hydrogen) atoms. The van der Waals surface area contributed by atoms with Crippen LogP contribution in [-0.2, 0) is 11.4 Å². The number of aromatic nitrogens is 2. The van der Waals surface area contributed by atoms with Gasteiger partial charge in [0.1, 0.15) is 12.4 Å². The Morgan fingerprint density at radius 1 is 1.16 bits per heavy atom. The van der Waals surface area contributed by atoms with Crippen molar-refractivity contribution in [2.24, 2.45) is 0 Å². The van der Waals surface area contributed by atoms with E-state index in [1.165, 1.54) is 0 Å². The van der Waals surface area contributed by atoms with E-state index in [1.54, 1.807) is 0 Å². The van der Waals surface area contributed by atoms with Gasteiger partial charge in [-0.1, -0.05) is 24.3 Å². The highest BCUT2D eigenvalue weighted by atomic mass is 16.5. The Morgan fingerprint density at radius 3 is 2.81 bits per heavy atom. The molecule has 0 aliphatic carbocycles. The monoisotopic (exact) mass is 416 g/mol. The molecule has 0 unspecified atom stereocenters. The molecule has 0 radical (unpaired) electrons. The van der Waals surface area contributed by atoms with Crippen LogP contribution in [0.1, 0.15) is 35.2 Å². The average Bonchev–Trinajstić information content (AvgIpc) is 3.43. The Labute approximate surface area is 180 Å².